The summed E-state index contributed by atoms with van der Waals surface area (Å²) in [6, 6.07) is 0. The van der Waals surface area contributed by atoms with Gasteiger partial charge in [-0.2, -0.15) is 0 Å². The molecule has 0 spiro atoms. The predicted molar refractivity (Wildman–Crippen MR) is 44.0 cm³/mol. The van der Waals surface area contributed by atoms with Crippen LogP contribution in [0.4, 0.5) is 0 Å². The van der Waals surface area contributed by atoms with Gasteiger partial charge in [0.1, 0.15) is 0 Å². The number of ether oxygens (including phenoxy) is 1. The number of rotatable bonds is 5. The Kier molecular flexibility index (Phi) is 9.04. The first kappa shape index (κ1) is 13.5. The van der Waals surface area contributed by atoms with E-state index in [4.69, 9.17) is 5.11 Å². The van der Waals surface area contributed by atoms with E-state index in [0.717, 1.165) is 6.26 Å². The van der Waals surface area contributed by atoms with Gasteiger partial charge in [0.25, 0.3) is 0 Å². The average Bonchev–Trinajstić information content (AvgIpc) is 1.87. The standard InChI is InChI=1S/C6H9NO4.ClH/c1-2-11-6(10)4-7-3-5(8)9;/h2,7H,1,3-4H2,(H,8,9);1H. The van der Waals surface area contributed by atoms with Crippen LogP contribution in [0.5, 0.6) is 0 Å². The Morgan fingerprint density at radius 2 is 2.08 bits per heavy atom. The molecule has 0 aromatic carbocycles. The molecule has 0 amide bonds. The molecule has 0 bridgehead atoms. The summed E-state index contributed by atoms with van der Waals surface area (Å²) in [6.07, 6.45) is 0.991. The third-order valence-corrected chi connectivity index (χ3v) is 0.760. The molecule has 0 heterocycles. The molecule has 0 saturated carbocycles. The van der Waals surface area contributed by atoms with Gasteiger partial charge in [0.15, 0.2) is 0 Å². The zero-order chi connectivity index (χ0) is 8.69. The lowest BCUT2D eigenvalue weighted by Gasteiger charge is -1.98. The van der Waals surface area contributed by atoms with Crippen LogP contribution in [0, 0.1) is 0 Å². The summed E-state index contributed by atoms with van der Waals surface area (Å²) >= 11 is 0. The quantitative estimate of drug-likeness (QED) is 0.468. The zero-order valence-electron chi connectivity index (χ0n) is 6.28. The number of esters is 1. The topological polar surface area (TPSA) is 75.6 Å². The van der Waals surface area contributed by atoms with Crippen molar-refractivity contribution in [2.75, 3.05) is 13.1 Å². The first-order chi connectivity index (χ1) is 5.16. The zero-order valence-corrected chi connectivity index (χ0v) is 7.10. The molecule has 0 fully saturated rings. The molecule has 5 nitrogen and oxygen atoms in total. The highest BCUT2D eigenvalue weighted by atomic mass is 35.5. The van der Waals surface area contributed by atoms with Gasteiger partial charge in [0.2, 0.25) is 0 Å². The van der Waals surface area contributed by atoms with E-state index < -0.39 is 11.9 Å². The lowest BCUT2D eigenvalue weighted by molar-refractivity contribution is -0.137. The molecular formula is C6H10ClNO4. The van der Waals surface area contributed by atoms with E-state index in [0.29, 0.717) is 0 Å². The smallest absolute Gasteiger partial charge is 0.324 e. The number of carbonyl (C=O) groups is 2. The average molecular weight is 196 g/mol. The maximum Gasteiger partial charge on any atom is 0.324 e. The van der Waals surface area contributed by atoms with Gasteiger partial charge in [-0.3, -0.25) is 14.9 Å². The third-order valence-electron chi connectivity index (χ3n) is 0.760. The summed E-state index contributed by atoms with van der Waals surface area (Å²) in [7, 11) is 0. The van der Waals surface area contributed by atoms with Crippen molar-refractivity contribution in [2.45, 2.75) is 0 Å². The van der Waals surface area contributed by atoms with E-state index in [1.807, 2.05) is 0 Å². The van der Waals surface area contributed by atoms with Crippen molar-refractivity contribution in [3.05, 3.63) is 12.8 Å². The SMILES string of the molecule is C=COC(=O)CNCC(=O)O.Cl. The number of hydrogen-bond donors (Lipinski definition) is 2. The number of carboxylic acid groups (broad SMARTS) is 1. The van der Waals surface area contributed by atoms with Crippen LogP contribution < -0.4 is 5.32 Å². The van der Waals surface area contributed by atoms with Crippen molar-refractivity contribution in [3.8, 4) is 0 Å². The molecule has 0 saturated heterocycles. The summed E-state index contributed by atoms with van der Waals surface area (Å²) in [6.45, 7) is 2.77. The normalized spacial score (nSPS) is 8.00. The summed E-state index contributed by atoms with van der Waals surface area (Å²) in [4.78, 5) is 20.4. The molecule has 70 valence electrons. The summed E-state index contributed by atoms with van der Waals surface area (Å²) in [5, 5.41) is 10.5. The maximum atomic E-state index is 10.5. The van der Waals surface area contributed by atoms with E-state index in [-0.39, 0.29) is 25.5 Å². The van der Waals surface area contributed by atoms with Crippen molar-refractivity contribution in [1.29, 1.82) is 0 Å². The Hall–Kier alpha value is -1.07. The first-order valence-corrected chi connectivity index (χ1v) is 2.89. The highest BCUT2D eigenvalue weighted by molar-refractivity contribution is 5.85. The van der Waals surface area contributed by atoms with Crippen LogP contribution in [0.2, 0.25) is 0 Å². The van der Waals surface area contributed by atoms with E-state index in [9.17, 15) is 9.59 Å². The van der Waals surface area contributed by atoms with Gasteiger partial charge in [0.05, 0.1) is 19.4 Å². The van der Waals surface area contributed by atoms with Crippen LogP contribution >= 0.6 is 12.4 Å². The third kappa shape index (κ3) is 8.93. The molecule has 0 aliphatic heterocycles. The van der Waals surface area contributed by atoms with Gasteiger partial charge in [0, 0.05) is 0 Å². The van der Waals surface area contributed by atoms with E-state index in [2.05, 4.69) is 16.6 Å². The van der Waals surface area contributed by atoms with Crippen LogP contribution in [0.3, 0.4) is 0 Å². The number of halogens is 1. The molecule has 2 N–H and O–H groups in total. The number of hydrogen-bond acceptors (Lipinski definition) is 4. The fourth-order valence-electron chi connectivity index (χ4n) is 0.406. The van der Waals surface area contributed by atoms with Crippen molar-refractivity contribution in [2.24, 2.45) is 0 Å². The van der Waals surface area contributed by atoms with Crippen LogP contribution in [0.15, 0.2) is 12.8 Å². The number of aliphatic carboxylic acids is 1. The second kappa shape index (κ2) is 8.03. The molecule has 6 heteroatoms. The largest absolute Gasteiger partial charge is 0.480 e. The summed E-state index contributed by atoms with van der Waals surface area (Å²) in [5.41, 5.74) is 0. The maximum absolute atomic E-state index is 10.5. The summed E-state index contributed by atoms with van der Waals surface area (Å²) in [5.74, 6) is -1.57. The van der Waals surface area contributed by atoms with Crippen LogP contribution in [0.25, 0.3) is 0 Å². The monoisotopic (exact) mass is 195 g/mol. The van der Waals surface area contributed by atoms with E-state index in [1.165, 1.54) is 0 Å². The number of nitrogens with one attached hydrogen (secondary N) is 1. The van der Waals surface area contributed by atoms with Crippen molar-refractivity contribution >= 4 is 24.3 Å². The fourth-order valence-corrected chi connectivity index (χ4v) is 0.406. The van der Waals surface area contributed by atoms with Crippen LogP contribution in [0.1, 0.15) is 0 Å². The fraction of sp³-hybridized carbons (Fsp3) is 0.333. The van der Waals surface area contributed by atoms with Crippen LogP contribution in [-0.2, 0) is 14.3 Å². The number of carbonyl (C=O) groups excluding carboxylic acids is 1. The molecule has 0 radical (unpaired) electrons. The first-order valence-electron chi connectivity index (χ1n) is 2.89. The van der Waals surface area contributed by atoms with Gasteiger partial charge in [-0.1, -0.05) is 6.58 Å². The molecule has 0 unspecified atom stereocenters. The molecule has 0 aliphatic rings. The van der Waals surface area contributed by atoms with Gasteiger partial charge < -0.3 is 9.84 Å². The Bertz CT molecular complexity index is 171. The predicted octanol–water partition coefficient (Wildman–Crippen LogP) is -0.231. The molecule has 0 aromatic heterocycles. The Labute approximate surface area is 75.8 Å². The minimum absolute atomic E-state index is 0. The van der Waals surface area contributed by atoms with Gasteiger partial charge >= 0.3 is 11.9 Å². The second-order valence-corrected chi connectivity index (χ2v) is 1.65. The summed E-state index contributed by atoms with van der Waals surface area (Å²) < 4.78 is 4.29. The molecule has 0 aliphatic carbocycles. The minimum atomic E-state index is -1.02. The molecular weight excluding hydrogens is 186 g/mol. The van der Waals surface area contributed by atoms with Crippen LogP contribution in [-0.4, -0.2) is 30.1 Å². The highest BCUT2D eigenvalue weighted by Gasteiger charge is 2.00. The Morgan fingerprint density at radius 1 is 1.50 bits per heavy atom. The van der Waals surface area contributed by atoms with Crippen molar-refractivity contribution in [3.63, 3.8) is 0 Å². The molecule has 0 atom stereocenters. The lowest BCUT2D eigenvalue weighted by atomic mass is 10.6. The molecule has 12 heavy (non-hydrogen) atoms. The molecule has 0 aromatic rings. The van der Waals surface area contributed by atoms with Crippen molar-refractivity contribution in [1.82, 2.24) is 5.32 Å². The van der Waals surface area contributed by atoms with E-state index in [1.54, 1.807) is 0 Å². The van der Waals surface area contributed by atoms with Gasteiger partial charge in [-0.25, -0.2) is 0 Å². The number of carboxylic acids is 1. The van der Waals surface area contributed by atoms with Crippen molar-refractivity contribution < 1.29 is 19.4 Å². The lowest BCUT2D eigenvalue weighted by Crippen LogP contribution is -2.28. The van der Waals surface area contributed by atoms with Gasteiger partial charge in [-0.05, 0) is 0 Å². The van der Waals surface area contributed by atoms with E-state index >= 15 is 0 Å². The Balaban J connectivity index is 0. The van der Waals surface area contributed by atoms with Gasteiger partial charge in [-0.15, -0.1) is 12.4 Å². The Morgan fingerprint density at radius 3 is 2.50 bits per heavy atom. The second-order valence-electron chi connectivity index (χ2n) is 1.65. The minimum Gasteiger partial charge on any atom is -0.480 e. The molecule has 0 rings (SSSR count). The highest BCUT2D eigenvalue weighted by Crippen LogP contribution is 1.74.